The van der Waals surface area contributed by atoms with Crippen LogP contribution in [-0.2, 0) is 4.79 Å². The number of para-hydroxylation sites is 1. The van der Waals surface area contributed by atoms with Crippen LogP contribution >= 0.6 is 0 Å². The smallest absolute Gasteiger partial charge is 0.262 e. The van der Waals surface area contributed by atoms with Crippen LogP contribution in [0.5, 0.6) is 5.75 Å². The van der Waals surface area contributed by atoms with E-state index in [1.54, 1.807) is 24.1 Å². The van der Waals surface area contributed by atoms with Gasteiger partial charge in [-0.25, -0.2) is 0 Å². The van der Waals surface area contributed by atoms with Crippen molar-refractivity contribution in [1.82, 2.24) is 0 Å². The number of carbonyl (C=O) groups excluding carboxylic acids is 2. The molecule has 2 N–H and O–H groups in total. The third kappa shape index (κ3) is 3.65. The summed E-state index contributed by atoms with van der Waals surface area (Å²) in [5.41, 5.74) is 3.70. The Hall–Kier alpha value is -3.80. The van der Waals surface area contributed by atoms with Crippen LogP contribution in [0.25, 0.3) is 0 Å². The minimum atomic E-state index is -0.404. The molecule has 0 saturated carbocycles. The van der Waals surface area contributed by atoms with Crippen LogP contribution in [0.4, 0.5) is 17.1 Å². The molecule has 0 unspecified atom stereocenters. The molecular weight excluding hydrogens is 366 g/mol. The molecule has 0 bridgehead atoms. The molecule has 0 aromatic heterocycles. The summed E-state index contributed by atoms with van der Waals surface area (Å²) in [4.78, 5) is 26.4. The third-order valence-corrected chi connectivity index (χ3v) is 4.80. The van der Waals surface area contributed by atoms with Gasteiger partial charge < -0.3 is 15.4 Å². The average molecular weight is 387 g/mol. The zero-order valence-electron chi connectivity index (χ0n) is 16.2. The molecule has 6 nitrogen and oxygen atoms in total. The summed E-state index contributed by atoms with van der Waals surface area (Å²) in [6, 6.07) is 22.3. The van der Waals surface area contributed by atoms with Gasteiger partial charge in [0.1, 0.15) is 11.9 Å². The van der Waals surface area contributed by atoms with Crippen molar-refractivity contribution in [3.63, 3.8) is 0 Å². The number of carbonyl (C=O) groups is 2. The summed E-state index contributed by atoms with van der Waals surface area (Å²) in [5.74, 6) is 0.479. The van der Waals surface area contributed by atoms with Crippen molar-refractivity contribution in [1.29, 1.82) is 0 Å². The predicted octanol–water partition coefficient (Wildman–Crippen LogP) is 4.42. The number of nitrogens with zero attached hydrogens (tertiary/aromatic N) is 1. The fourth-order valence-electron chi connectivity index (χ4n) is 3.47. The quantitative estimate of drug-likeness (QED) is 0.695. The molecule has 0 saturated heterocycles. The maximum Gasteiger partial charge on any atom is 0.262 e. The van der Waals surface area contributed by atoms with Gasteiger partial charge in [0.2, 0.25) is 5.91 Å². The minimum Gasteiger partial charge on any atom is -0.497 e. The molecule has 2 amide bonds. The maximum atomic E-state index is 13.4. The first-order valence-electron chi connectivity index (χ1n) is 9.27. The van der Waals surface area contributed by atoms with E-state index in [0.29, 0.717) is 11.3 Å². The van der Waals surface area contributed by atoms with Gasteiger partial charge in [-0.2, -0.15) is 0 Å². The van der Waals surface area contributed by atoms with Gasteiger partial charge >= 0.3 is 0 Å². The molecule has 0 radical (unpaired) electrons. The molecule has 0 aliphatic carbocycles. The zero-order chi connectivity index (χ0) is 20.4. The summed E-state index contributed by atoms with van der Waals surface area (Å²) in [5, 5.41) is 6.22. The number of amides is 2. The van der Waals surface area contributed by atoms with Gasteiger partial charge in [0, 0.05) is 24.0 Å². The number of benzene rings is 3. The fourth-order valence-corrected chi connectivity index (χ4v) is 3.47. The number of rotatable bonds is 4. The van der Waals surface area contributed by atoms with Gasteiger partial charge in [0.15, 0.2) is 0 Å². The highest BCUT2D eigenvalue weighted by Gasteiger charge is 2.34. The summed E-state index contributed by atoms with van der Waals surface area (Å²) < 4.78 is 5.36. The minimum absolute atomic E-state index is 0.0977. The summed E-state index contributed by atoms with van der Waals surface area (Å²) in [7, 11) is 1.62. The Kier molecular flexibility index (Phi) is 4.91. The van der Waals surface area contributed by atoms with Gasteiger partial charge in [-0.05, 0) is 54.1 Å². The second-order valence-electron chi connectivity index (χ2n) is 6.77. The van der Waals surface area contributed by atoms with E-state index in [2.05, 4.69) is 10.6 Å². The van der Waals surface area contributed by atoms with E-state index >= 15 is 0 Å². The molecule has 6 heteroatoms. The van der Waals surface area contributed by atoms with Crippen LogP contribution in [0.2, 0.25) is 0 Å². The van der Waals surface area contributed by atoms with Crippen LogP contribution in [0, 0.1) is 0 Å². The van der Waals surface area contributed by atoms with Crippen molar-refractivity contribution in [3.8, 4) is 5.75 Å². The molecule has 146 valence electrons. The lowest BCUT2D eigenvalue weighted by Gasteiger charge is -2.38. The van der Waals surface area contributed by atoms with E-state index in [9.17, 15) is 9.59 Å². The van der Waals surface area contributed by atoms with E-state index in [1.165, 1.54) is 6.92 Å². The van der Waals surface area contributed by atoms with Gasteiger partial charge in [-0.3, -0.25) is 14.5 Å². The largest absolute Gasteiger partial charge is 0.497 e. The number of ether oxygens (including phenoxy) is 1. The Morgan fingerprint density at radius 2 is 1.79 bits per heavy atom. The molecule has 29 heavy (non-hydrogen) atoms. The molecule has 1 aliphatic heterocycles. The van der Waals surface area contributed by atoms with Crippen molar-refractivity contribution in [2.45, 2.75) is 13.1 Å². The molecule has 1 atom stereocenters. The Bertz CT molecular complexity index is 1060. The highest BCUT2D eigenvalue weighted by molar-refractivity contribution is 6.12. The Morgan fingerprint density at radius 3 is 2.52 bits per heavy atom. The van der Waals surface area contributed by atoms with Crippen LogP contribution in [0.3, 0.4) is 0 Å². The van der Waals surface area contributed by atoms with E-state index in [4.69, 9.17) is 4.74 Å². The van der Waals surface area contributed by atoms with Crippen molar-refractivity contribution >= 4 is 28.9 Å². The number of hydrogen-bond donors (Lipinski definition) is 2. The first kappa shape index (κ1) is 18.6. The number of methoxy groups -OCH3 is 1. The first-order chi connectivity index (χ1) is 14.1. The third-order valence-electron chi connectivity index (χ3n) is 4.80. The molecular formula is C23H21N3O3. The SMILES string of the molecule is COc1cccc([C@@H]2Nc3ccccc3C(=O)N2c2ccc(NC(C)=O)cc2)c1. The molecule has 0 fully saturated rings. The van der Waals surface area contributed by atoms with Crippen LogP contribution in [-0.4, -0.2) is 18.9 Å². The molecule has 3 aromatic rings. The second kappa shape index (κ2) is 7.67. The molecule has 1 heterocycles. The Morgan fingerprint density at radius 1 is 1.03 bits per heavy atom. The molecule has 0 spiro atoms. The Labute approximate surface area is 169 Å². The highest BCUT2D eigenvalue weighted by Crippen LogP contribution is 2.37. The van der Waals surface area contributed by atoms with Crippen molar-refractivity contribution in [2.75, 3.05) is 22.6 Å². The lowest BCUT2D eigenvalue weighted by molar-refractivity contribution is -0.114. The van der Waals surface area contributed by atoms with Gasteiger partial charge in [0.25, 0.3) is 5.91 Å². The standard InChI is InChI=1S/C23H21N3O3/c1-15(27)24-17-10-12-18(13-11-17)26-22(16-6-5-7-19(14-16)29-2)25-21-9-4-3-8-20(21)23(26)28/h3-14,22,25H,1-2H3,(H,24,27)/t22-/m1/s1. The van der Waals surface area contributed by atoms with Crippen LogP contribution in [0.1, 0.15) is 29.0 Å². The van der Waals surface area contributed by atoms with Crippen molar-refractivity contribution < 1.29 is 14.3 Å². The molecule has 4 rings (SSSR count). The van der Waals surface area contributed by atoms with Crippen LogP contribution in [0.15, 0.2) is 72.8 Å². The number of nitrogens with one attached hydrogen (secondary N) is 2. The van der Waals surface area contributed by atoms with E-state index in [-0.39, 0.29) is 11.8 Å². The number of hydrogen-bond acceptors (Lipinski definition) is 4. The van der Waals surface area contributed by atoms with Gasteiger partial charge in [-0.15, -0.1) is 0 Å². The van der Waals surface area contributed by atoms with Gasteiger partial charge in [-0.1, -0.05) is 24.3 Å². The molecule has 1 aliphatic rings. The second-order valence-corrected chi connectivity index (χ2v) is 6.77. The van der Waals surface area contributed by atoms with Crippen molar-refractivity contribution in [3.05, 3.63) is 83.9 Å². The van der Waals surface area contributed by atoms with E-state index in [0.717, 1.165) is 22.7 Å². The summed E-state index contributed by atoms with van der Waals surface area (Å²) in [6.45, 7) is 1.46. The normalized spacial score (nSPS) is 15.3. The number of fused-ring (bicyclic) bond motifs is 1. The molecule has 3 aromatic carbocycles. The number of anilines is 3. The lowest BCUT2D eigenvalue weighted by atomic mass is 10.0. The van der Waals surface area contributed by atoms with Crippen molar-refractivity contribution in [2.24, 2.45) is 0 Å². The summed E-state index contributed by atoms with van der Waals surface area (Å²) in [6.07, 6.45) is -0.404. The van der Waals surface area contributed by atoms with E-state index < -0.39 is 6.17 Å². The maximum absolute atomic E-state index is 13.4. The van der Waals surface area contributed by atoms with Crippen LogP contribution < -0.4 is 20.3 Å². The van der Waals surface area contributed by atoms with E-state index in [1.807, 2.05) is 60.7 Å². The topological polar surface area (TPSA) is 70.7 Å². The van der Waals surface area contributed by atoms with Gasteiger partial charge in [0.05, 0.1) is 12.7 Å². The Balaban J connectivity index is 1.78. The average Bonchev–Trinajstić information content (AvgIpc) is 2.74. The first-order valence-corrected chi connectivity index (χ1v) is 9.27. The zero-order valence-corrected chi connectivity index (χ0v) is 16.2. The predicted molar refractivity (Wildman–Crippen MR) is 113 cm³/mol. The highest BCUT2D eigenvalue weighted by atomic mass is 16.5. The fraction of sp³-hybridized carbons (Fsp3) is 0.130. The monoisotopic (exact) mass is 387 g/mol. The lowest BCUT2D eigenvalue weighted by Crippen LogP contribution is -2.43. The summed E-state index contributed by atoms with van der Waals surface area (Å²) >= 11 is 0.